The Hall–Kier alpha value is -3.51. The first kappa shape index (κ1) is 25.2. The van der Waals surface area contributed by atoms with E-state index in [1.54, 1.807) is 30.3 Å². The monoisotopic (exact) mass is 503 g/mol. The van der Waals surface area contributed by atoms with Crippen LogP contribution in [0.4, 0.5) is 4.39 Å². The van der Waals surface area contributed by atoms with Crippen molar-refractivity contribution in [3.63, 3.8) is 0 Å². The van der Waals surface area contributed by atoms with E-state index in [2.05, 4.69) is 11.8 Å². The molecule has 0 saturated carbocycles. The zero-order valence-corrected chi connectivity index (χ0v) is 21.4. The van der Waals surface area contributed by atoms with E-state index in [0.717, 1.165) is 53.1 Å². The number of allylic oxidation sites excluding steroid dienone is 1. The van der Waals surface area contributed by atoms with Crippen molar-refractivity contribution in [3.8, 4) is 23.0 Å². The zero-order valence-electron chi connectivity index (χ0n) is 21.4. The van der Waals surface area contributed by atoms with Crippen molar-refractivity contribution in [1.29, 1.82) is 0 Å². The van der Waals surface area contributed by atoms with Crippen LogP contribution in [-0.2, 0) is 0 Å². The first-order valence-corrected chi connectivity index (χ1v) is 13.0. The fraction of sp³-hybridized carbons (Fsp3) is 0.355. The molecule has 1 saturated heterocycles. The fourth-order valence-corrected chi connectivity index (χ4v) is 5.43. The third-order valence-corrected chi connectivity index (χ3v) is 7.57. The molecular formula is C31H34FNO4. The van der Waals surface area contributed by atoms with Gasteiger partial charge in [0.05, 0.1) is 6.67 Å². The largest absolute Gasteiger partial charge is 0.508 e. The summed E-state index contributed by atoms with van der Waals surface area (Å²) in [6.45, 7) is 6.45. The summed E-state index contributed by atoms with van der Waals surface area (Å²) in [4.78, 5) is 2.38. The number of phenols is 2. The van der Waals surface area contributed by atoms with Crippen LogP contribution in [0, 0.1) is 5.92 Å². The number of benzene rings is 3. The molecule has 1 unspecified atom stereocenters. The van der Waals surface area contributed by atoms with Gasteiger partial charge in [0.2, 0.25) is 0 Å². The Morgan fingerprint density at radius 3 is 2.59 bits per heavy atom. The average molecular weight is 504 g/mol. The predicted octanol–water partition coefficient (Wildman–Crippen LogP) is 6.61. The molecule has 2 aliphatic heterocycles. The zero-order chi connectivity index (χ0) is 25.9. The molecule has 2 N–H and O–H groups in total. The van der Waals surface area contributed by atoms with Crippen LogP contribution < -0.4 is 9.47 Å². The summed E-state index contributed by atoms with van der Waals surface area (Å²) in [6, 6.07) is 20.5. The molecule has 2 heterocycles. The Balaban J connectivity index is 1.35. The molecule has 5 rings (SSSR count). The van der Waals surface area contributed by atoms with Crippen LogP contribution in [0.25, 0.3) is 11.1 Å². The second-order valence-electron chi connectivity index (χ2n) is 10.1. The highest BCUT2D eigenvalue weighted by Crippen LogP contribution is 2.47. The number of likely N-dealkylation sites (tertiary alicyclic amines) is 1. The van der Waals surface area contributed by atoms with Crippen molar-refractivity contribution in [2.75, 3.05) is 26.4 Å². The second kappa shape index (κ2) is 10.9. The maximum Gasteiger partial charge on any atom is 0.150 e. The topological polar surface area (TPSA) is 62.2 Å². The molecular weight excluding hydrogens is 469 g/mol. The maximum absolute atomic E-state index is 12.7. The smallest absolute Gasteiger partial charge is 0.150 e. The molecule has 5 nitrogen and oxygen atoms in total. The summed E-state index contributed by atoms with van der Waals surface area (Å²) in [5, 5.41) is 20.2. The van der Waals surface area contributed by atoms with Gasteiger partial charge in [-0.15, -0.1) is 0 Å². The van der Waals surface area contributed by atoms with E-state index in [4.69, 9.17) is 9.47 Å². The van der Waals surface area contributed by atoms with E-state index in [1.807, 2.05) is 43.3 Å². The molecule has 2 aliphatic rings. The number of ether oxygens (including phenoxy) is 2. The van der Waals surface area contributed by atoms with E-state index in [0.29, 0.717) is 24.7 Å². The van der Waals surface area contributed by atoms with Crippen molar-refractivity contribution in [3.05, 3.63) is 83.4 Å². The van der Waals surface area contributed by atoms with E-state index in [-0.39, 0.29) is 30.3 Å². The highest BCUT2D eigenvalue weighted by Gasteiger charge is 2.30. The molecule has 0 aliphatic carbocycles. The molecule has 3 aromatic carbocycles. The number of alkyl halides is 1. The molecule has 0 radical (unpaired) electrons. The van der Waals surface area contributed by atoms with Crippen LogP contribution in [0.5, 0.6) is 23.0 Å². The Morgan fingerprint density at radius 2 is 1.84 bits per heavy atom. The van der Waals surface area contributed by atoms with Crippen LogP contribution in [0.1, 0.15) is 49.5 Å². The first-order valence-electron chi connectivity index (χ1n) is 13.0. The molecule has 0 spiro atoms. The summed E-state index contributed by atoms with van der Waals surface area (Å²) in [6.07, 6.45) is 1.32. The molecule has 194 valence electrons. The molecule has 3 atom stereocenters. The van der Waals surface area contributed by atoms with Crippen LogP contribution in [0.2, 0.25) is 0 Å². The Labute approximate surface area is 217 Å². The number of halogens is 1. The Kier molecular flexibility index (Phi) is 7.38. The van der Waals surface area contributed by atoms with Crippen molar-refractivity contribution < 1.29 is 24.1 Å². The van der Waals surface area contributed by atoms with Gasteiger partial charge >= 0.3 is 0 Å². The highest BCUT2D eigenvalue weighted by atomic mass is 19.1. The predicted molar refractivity (Wildman–Crippen MR) is 144 cm³/mol. The second-order valence-corrected chi connectivity index (χ2v) is 10.1. The van der Waals surface area contributed by atoms with Gasteiger partial charge in [-0.25, -0.2) is 0 Å². The summed E-state index contributed by atoms with van der Waals surface area (Å²) in [7, 11) is 0. The number of phenolic OH excluding ortho intramolecular Hbond substituents is 2. The lowest BCUT2D eigenvalue weighted by Crippen LogP contribution is -2.35. The minimum Gasteiger partial charge on any atom is -0.508 e. The van der Waals surface area contributed by atoms with E-state index < -0.39 is 0 Å². The first-order chi connectivity index (χ1) is 17.9. The SMILES string of the molecule is CC1=C(c2cccc(O)c2)C(c2ccc(OC[C@H](C)N3CC[C@@H](CCF)C3)cc2)Oc2ccc(O)cc21. The van der Waals surface area contributed by atoms with E-state index in [1.165, 1.54) is 0 Å². The normalized spacial score (nSPS) is 20.4. The summed E-state index contributed by atoms with van der Waals surface area (Å²) in [5.74, 6) is 2.31. The van der Waals surface area contributed by atoms with Crippen LogP contribution in [0.3, 0.4) is 0 Å². The molecule has 0 amide bonds. The van der Waals surface area contributed by atoms with Gasteiger partial charge in [0.25, 0.3) is 0 Å². The lowest BCUT2D eigenvalue weighted by atomic mass is 9.86. The molecule has 3 aromatic rings. The molecule has 37 heavy (non-hydrogen) atoms. The van der Waals surface area contributed by atoms with Crippen molar-refractivity contribution in [1.82, 2.24) is 4.90 Å². The molecule has 6 heteroatoms. The summed E-state index contributed by atoms with van der Waals surface area (Å²) < 4.78 is 25.2. The van der Waals surface area contributed by atoms with E-state index >= 15 is 0 Å². The Bertz CT molecular complexity index is 1270. The molecule has 1 fully saturated rings. The van der Waals surface area contributed by atoms with Crippen molar-refractivity contribution >= 4 is 11.1 Å². The van der Waals surface area contributed by atoms with Crippen molar-refractivity contribution in [2.45, 2.75) is 38.8 Å². The standard InChI is InChI=1S/C31H34FNO4/c1-20(33-15-13-22(18-33)12-14-32)19-36-27-9-6-23(7-10-27)31-30(24-4-3-5-25(34)16-24)21(2)28-17-26(35)8-11-29(28)37-31/h3-11,16-17,20,22,31,34-35H,12-15,18-19H2,1-2H3/t20-,22+,31?/m0/s1. The minimum atomic E-state index is -0.385. The Morgan fingerprint density at radius 1 is 1.05 bits per heavy atom. The third kappa shape index (κ3) is 5.44. The number of fused-ring (bicyclic) bond motifs is 1. The molecule has 0 aromatic heterocycles. The quantitative estimate of drug-likeness (QED) is 0.362. The third-order valence-electron chi connectivity index (χ3n) is 7.57. The van der Waals surface area contributed by atoms with Gasteiger partial charge in [-0.05, 0) is 98.3 Å². The highest BCUT2D eigenvalue weighted by molar-refractivity contribution is 5.95. The maximum atomic E-state index is 12.7. The van der Waals surface area contributed by atoms with Gasteiger partial charge in [0.1, 0.15) is 35.7 Å². The number of rotatable bonds is 8. The number of aromatic hydroxyl groups is 2. The van der Waals surface area contributed by atoms with Gasteiger partial charge in [0.15, 0.2) is 0 Å². The van der Waals surface area contributed by atoms with Gasteiger partial charge in [-0.1, -0.05) is 24.3 Å². The van der Waals surface area contributed by atoms with Gasteiger partial charge < -0.3 is 19.7 Å². The van der Waals surface area contributed by atoms with Gasteiger partial charge in [-0.2, -0.15) is 0 Å². The fourth-order valence-electron chi connectivity index (χ4n) is 5.43. The number of hydrogen-bond donors (Lipinski definition) is 2. The van der Waals surface area contributed by atoms with Gasteiger partial charge in [-0.3, -0.25) is 9.29 Å². The lowest BCUT2D eigenvalue weighted by molar-refractivity contribution is 0.167. The molecule has 0 bridgehead atoms. The van der Waals surface area contributed by atoms with Gasteiger partial charge in [0, 0.05) is 23.7 Å². The summed E-state index contributed by atoms with van der Waals surface area (Å²) >= 11 is 0. The van der Waals surface area contributed by atoms with E-state index in [9.17, 15) is 14.6 Å². The van der Waals surface area contributed by atoms with Crippen LogP contribution in [-0.4, -0.2) is 47.5 Å². The van der Waals surface area contributed by atoms with Crippen LogP contribution >= 0.6 is 0 Å². The average Bonchev–Trinajstić information content (AvgIpc) is 3.37. The van der Waals surface area contributed by atoms with Crippen molar-refractivity contribution in [2.24, 2.45) is 5.92 Å². The van der Waals surface area contributed by atoms with Crippen LogP contribution in [0.15, 0.2) is 66.7 Å². The lowest BCUT2D eigenvalue weighted by Gasteiger charge is -2.31. The number of hydrogen-bond acceptors (Lipinski definition) is 5. The number of nitrogens with zero attached hydrogens (tertiary/aromatic N) is 1. The minimum absolute atomic E-state index is 0.179. The summed E-state index contributed by atoms with van der Waals surface area (Å²) in [5.41, 5.74) is 4.58.